The summed E-state index contributed by atoms with van der Waals surface area (Å²) < 4.78 is 1.82. The second kappa shape index (κ2) is 4.65. The lowest BCUT2D eigenvalue weighted by Gasteiger charge is -2.30. The average Bonchev–Trinajstić information content (AvgIpc) is 2.84. The van der Waals surface area contributed by atoms with Gasteiger partial charge in [-0.1, -0.05) is 11.6 Å². The van der Waals surface area contributed by atoms with Gasteiger partial charge in [0.25, 0.3) is 0 Å². The van der Waals surface area contributed by atoms with Gasteiger partial charge in [-0.15, -0.1) is 0 Å². The Hall–Kier alpha value is -1.89. The molecule has 7 nitrogen and oxygen atoms in total. The maximum Gasteiger partial charge on any atom is 0.407 e. The summed E-state index contributed by atoms with van der Waals surface area (Å²) in [5, 5.41) is 14.4. The number of fused-ring (bicyclic) bond motifs is 1. The number of nitrogens with zero attached hydrogens (tertiary/aromatic N) is 5. The topological polar surface area (TPSA) is 84.1 Å². The zero-order valence-corrected chi connectivity index (χ0v) is 10.8. The van der Waals surface area contributed by atoms with Crippen LogP contribution in [0.1, 0.15) is 18.9 Å². The molecule has 3 heterocycles. The number of hydrogen-bond acceptors (Lipinski definition) is 4. The van der Waals surface area contributed by atoms with E-state index in [9.17, 15) is 4.79 Å². The smallest absolute Gasteiger partial charge is 0.407 e. The number of likely N-dealkylation sites (tertiary alicyclic amines) is 1. The predicted octanol–water partition coefficient (Wildman–Crippen LogP) is 1.79. The molecule has 1 amide bonds. The van der Waals surface area contributed by atoms with E-state index in [0.29, 0.717) is 23.9 Å². The largest absolute Gasteiger partial charge is 0.465 e. The van der Waals surface area contributed by atoms with Crippen LogP contribution in [-0.4, -0.2) is 48.9 Å². The van der Waals surface area contributed by atoms with E-state index in [4.69, 9.17) is 16.7 Å². The monoisotopic (exact) mass is 281 g/mol. The van der Waals surface area contributed by atoms with Crippen molar-refractivity contribution in [1.82, 2.24) is 24.6 Å². The zero-order chi connectivity index (χ0) is 13.4. The highest BCUT2D eigenvalue weighted by Crippen LogP contribution is 2.27. The van der Waals surface area contributed by atoms with Crippen LogP contribution in [0.25, 0.3) is 11.0 Å². The second-order valence-corrected chi connectivity index (χ2v) is 4.85. The van der Waals surface area contributed by atoms with Gasteiger partial charge in [-0.25, -0.2) is 19.4 Å². The molecule has 100 valence electrons. The fourth-order valence-electron chi connectivity index (χ4n) is 2.40. The van der Waals surface area contributed by atoms with Crippen molar-refractivity contribution in [3.8, 4) is 0 Å². The summed E-state index contributed by atoms with van der Waals surface area (Å²) in [6.45, 7) is 1.03. The lowest BCUT2D eigenvalue weighted by Crippen LogP contribution is -2.38. The zero-order valence-electron chi connectivity index (χ0n) is 10.0. The Morgan fingerprint density at radius 2 is 2.11 bits per heavy atom. The molecular formula is C11H12ClN5O2. The van der Waals surface area contributed by atoms with Crippen LogP contribution in [-0.2, 0) is 0 Å². The van der Waals surface area contributed by atoms with Gasteiger partial charge in [0.1, 0.15) is 11.5 Å². The summed E-state index contributed by atoms with van der Waals surface area (Å²) in [6, 6.07) is 0.152. The van der Waals surface area contributed by atoms with E-state index < -0.39 is 6.09 Å². The number of carbonyl (C=O) groups is 1. The molecule has 0 aliphatic carbocycles. The number of halogens is 1. The number of amides is 1. The van der Waals surface area contributed by atoms with Crippen molar-refractivity contribution in [3.05, 3.63) is 17.7 Å². The third-order valence-electron chi connectivity index (χ3n) is 3.42. The number of aromatic nitrogens is 4. The second-order valence-electron chi connectivity index (χ2n) is 4.49. The third kappa shape index (κ3) is 2.10. The Morgan fingerprint density at radius 1 is 1.37 bits per heavy atom. The Bertz CT molecular complexity index is 621. The molecule has 0 spiro atoms. The van der Waals surface area contributed by atoms with Gasteiger partial charge >= 0.3 is 6.09 Å². The number of rotatable bonds is 1. The minimum atomic E-state index is -0.867. The van der Waals surface area contributed by atoms with E-state index in [1.54, 1.807) is 6.20 Å². The van der Waals surface area contributed by atoms with Crippen molar-refractivity contribution in [3.63, 3.8) is 0 Å². The molecule has 0 saturated carbocycles. The SMILES string of the molecule is O=C(O)N1CCC(n2ncc3c(Cl)ncnc32)CC1. The molecule has 19 heavy (non-hydrogen) atoms. The maximum atomic E-state index is 10.9. The quantitative estimate of drug-likeness (QED) is 0.806. The fourth-order valence-corrected chi connectivity index (χ4v) is 2.58. The standard InChI is InChI=1S/C11H12ClN5O2/c12-9-8-5-15-17(10(8)14-6-13-9)7-1-3-16(4-2-7)11(18)19/h5-7H,1-4H2,(H,18,19). The molecule has 0 radical (unpaired) electrons. The number of piperidine rings is 1. The summed E-state index contributed by atoms with van der Waals surface area (Å²) in [6.07, 6.45) is 3.65. The summed E-state index contributed by atoms with van der Waals surface area (Å²) >= 11 is 5.98. The molecule has 0 bridgehead atoms. The molecule has 3 rings (SSSR count). The third-order valence-corrected chi connectivity index (χ3v) is 3.72. The van der Waals surface area contributed by atoms with Gasteiger partial charge in [-0.3, -0.25) is 0 Å². The van der Waals surface area contributed by atoms with Crippen molar-refractivity contribution in [2.45, 2.75) is 18.9 Å². The van der Waals surface area contributed by atoms with E-state index in [2.05, 4.69) is 15.1 Å². The molecule has 1 aliphatic rings. The van der Waals surface area contributed by atoms with E-state index in [-0.39, 0.29) is 6.04 Å². The first-order valence-electron chi connectivity index (χ1n) is 5.98. The van der Waals surface area contributed by atoms with Gasteiger partial charge in [-0.2, -0.15) is 5.10 Å². The molecule has 0 atom stereocenters. The lowest BCUT2D eigenvalue weighted by atomic mass is 10.1. The highest BCUT2D eigenvalue weighted by molar-refractivity contribution is 6.33. The van der Waals surface area contributed by atoms with Gasteiger partial charge in [0.15, 0.2) is 5.65 Å². The van der Waals surface area contributed by atoms with Crippen LogP contribution >= 0.6 is 11.6 Å². The molecule has 8 heteroatoms. The van der Waals surface area contributed by atoms with Crippen molar-refractivity contribution >= 4 is 28.7 Å². The van der Waals surface area contributed by atoms with Crippen LogP contribution in [0.15, 0.2) is 12.5 Å². The fraction of sp³-hybridized carbons (Fsp3) is 0.455. The van der Waals surface area contributed by atoms with Gasteiger partial charge in [0.05, 0.1) is 17.6 Å². The molecule has 0 unspecified atom stereocenters. The lowest BCUT2D eigenvalue weighted by molar-refractivity contribution is 0.124. The average molecular weight is 282 g/mol. The molecule has 1 saturated heterocycles. The minimum absolute atomic E-state index is 0.152. The molecular weight excluding hydrogens is 270 g/mol. The molecule has 0 aromatic carbocycles. The Labute approximate surface area is 113 Å². The van der Waals surface area contributed by atoms with E-state index in [1.807, 2.05) is 4.68 Å². The van der Waals surface area contributed by atoms with Crippen LogP contribution in [0.3, 0.4) is 0 Å². The Balaban J connectivity index is 1.86. The predicted molar refractivity (Wildman–Crippen MR) is 68.2 cm³/mol. The van der Waals surface area contributed by atoms with Gasteiger partial charge in [0.2, 0.25) is 0 Å². The van der Waals surface area contributed by atoms with Crippen LogP contribution < -0.4 is 0 Å². The molecule has 1 aliphatic heterocycles. The number of carboxylic acid groups (broad SMARTS) is 1. The van der Waals surface area contributed by atoms with Crippen LogP contribution in [0, 0.1) is 0 Å². The van der Waals surface area contributed by atoms with E-state index in [0.717, 1.165) is 18.2 Å². The highest BCUT2D eigenvalue weighted by Gasteiger charge is 2.25. The summed E-state index contributed by atoms with van der Waals surface area (Å²) in [7, 11) is 0. The Kier molecular flexibility index (Phi) is 2.98. The van der Waals surface area contributed by atoms with Crippen molar-refractivity contribution in [2.75, 3.05) is 13.1 Å². The summed E-state index contributed by atoms with van der Waals surface area (Å²) in [4.78, 5) is 20.4. The molecule has 2 aromatic rings. The van der Waals surface area contributed by atoms with E-state index in [1.165, 1.54) is 11.2 Å². The number of hydrogen-bond donors (Lipinski definition) is 1. The van der Waals surface area contributed by atoms with Crippen molar-refractivity contribution in [1.29, 1.82) is 0 Å². The van der Waals surface area contributed by atoms with Crippen LogP contribution in [0.4, 0.5) is 4.79 Å². The van der Waals surface area contributed by atoms with Crippen LogP contribution in [0.2, 0.25) is 5.15 Å². The maximum absolute atomic E-state index is 10.9. The van der Waals surface area contributed by atoms with E-state index >= 15 is 0 Å². The Morgan fingerprint density at radius 3 is 2.79 bits per heavy atom. The molecule has 1 fully saturated rings. The first kappa shape index (κ1) is 12.2. The normalized spacial score (nSPS) is 17.0. The molecule has 1 N–H and O–H groups in total. The first-order valence-corrected chi connectivity index (χ1v) is 6.36. The minimum Gasteiger partial charge on any atom is -0.465 e. The van der Waals surface area contributed by atoms with Gasteiger partial charge in [-0.05, 0) is 12.8 Å². The van der Waals surface area contributed by atoms with Gasteiger partial charge < -0.3 is 10.0 Å². The first-order chi connectivity index (χ1) is 9.16. The molecule has 2 aromatic heterocycles. The van der Waals surface area contributed by atoms with Crippen molar-refractivity contribution < 1.29 is 9.90 Å². The van der Waals surface area contributed by atoms with Crippen molar-refractivity contribution in [2.24, 2.45) is 0 Å². The van der Waals surface area contributed by atoms with Crippen LogP contribution in [0.5, 0.6) is 0 Å². The summed E-state index contributed by atoms with van der Waals surface area (Å²) in [5.74, 6) is 0. The van der Waals surface area contributed by atoms with Gasteiger partial charge in [0, 0.05) is 13.1 Å². The highest BCUT2D eigenvalue weighted by atomic mass is 35.5. The summed E-state index contributed by atoms with van der Waals surface area (Å²) in [5.41, 5.74) is 0.703.